The number of aromatic nitrogens is 2. The van der Waals surface area contributed by atoms with Crippen LogP contribution in [0.4, 0.5) is 17.6 Å². The van der Waals surface area contributed by atoms with Crippen molar-refractivity contribution in [1.82, 2.24) is 9.97 Å². The van der Waals surface area contributed by atoms with Gasteiger partial charge in [-0.25, -0.2) is 0 Å². The molecule has 0 atom stereocenters. The lowest BCUT2D eigenvalue weighted by molar-refractivity contribution is 0.391. The Labute approximate surface area is 123 Å². The third-order valence-corrected chi connectivity index (χ3v) is 2.95. The van der Waals surface area contributed by atoms with Crippen molar-refractivity contribution in [1.29, 1.82) is 0 Å². The molecule has 1 aromatic heterocycles. The molecule has 2 rings (SSSR count). The predicted molar refractivity (Wildman–Crippen MR) is 82.9 cm³/mol. The molecule has 0 unspecified atom stereocenters. The van der Waals surface area contributed by atoms with Crippen LogP contribution in [-0.4, -0.2) is 31.2 Å². The Kier molecular flexibility index (Phi) is 4.65. The summed E-state index contributed by atoms with van der Waals surface area (Å²) < 4.78 is 10.5. The minimum atomic E-state index is 0.214. The third kappa shape index (κ3) is 3.65. The van der Waals surface area contributed by atoms with Crippen LogP contribution in [0.2, 0.25) is 0 Å². The van der Waals surface area contributed by atoms with Crippen molar-refractivity contribution in [3.05, 3.63) is 29.8 Å². The van der Waals surface area contributed by atoms with Crippen molar-refractivity contribution < 1.29 is 9.47 Å². The topological polar surface area (TPSA) is 94.3 Å². The number of rotatable bonds is 6. The van der Waals surface area contributed by atoms with Crippen molar-refractivity contribution in [3.8, 4) is 11.5 Å². The second-order valence-corrected chi connectivity index (χ2v) is 4.28. The van der Waals surface area contributed by atoms with Gasteiger partial charge < -0.3 is 25.8 Å². The summed E-state index contributed by atoms with van der Waals surface area (Å²) in [5.74, 6) is 3.01. The van der Waals surface area contributed by atoms with Gasteiger partial charge in [-0.15, -0.1) is 0 Å². The van der Waals surface area contributed by atoms with Gasteiger partial charge in [0.05, 0.1) is 14.2 Å². The summed E-state index contributed by atoms with van der Waals surface area (Å²) in [5, 5.41) is 6.13. The molecule has 0 fully saturated rings. The number of nitrogen functional groups attached to an aromatic ring is 1. The van der Waals surface area contributed by atoms with Crippen molar-refractivity contribution in [3.63, 3.8) is 0 Å². The maximum Gasteiger partial charge on any atom is 0.223 e. The fourth-order valence-corrected chi connectivity index (χ4v) is 1.87. The summed E-state index contributed by atoms with van der Waals surface area (Å²) in [5.41, 5.74) is 6.64. The molecule has 4 N–H and O–H groups in total. The Balaban J connectivity index is 2.14. The largest absolute Gasteiger partial charge is 0.497 e. The van der Waals surface area contributed by atoms with Gasteiger partial charge >= 0.3 is 0 Å². The maximum atomic E-state index is 5.65. The SMILES string of the molecule is CNc1cc(NCc2ccc(OC)cc2OC)nc(N)n1. The van der Waals surface area contributed by atoms with Gasteiger partial charge in [-0.3, -0.25) is 0 Å². The van der Waals surface area contributed by atoms with Crippen molar-refractivity contribution in [2.75, 3.05) is 37.6 Å². The number of nitrogens with zero attached hydrogens (tertiary/aromatic N) is 2. The molecular formula is C14H19N5O2. The van der Waals surface area contributed by atoms with E-state index in [4.69, 9.17) is 15.2 Å². The molecule has 1 aromatic carbocycles. The maximum absolute atomic E-state index is 5.65. The standard InChI is InChI=1S/C14H19N5O2/c1-16-12-7-13(19-14(15)18-12)17-8-9-4-5-10(20-2)6-11(9)21-3/h4-7H,8H2,1-3H3,(H4,15,16,17,18,19). The van der Waals surface area contributed by atoms with E-state index >= 15 is 0 Å². The normalized spacial score (nSPS) is 10.0. The Bertz CT molecular complexity index is 618. The van der Waals surface area contributed by atoms with Crippen LogP contribution < -0.4 is 25.8 Å². The number of nitrogens with two attached hydrogens (primary N) is 1. The average Bonchev–Trinajstić information content (AvgIpc) is 2.52. The zero-order valence-electron chi connectivity index (χ0n) is 12.3. The van der Waals surface area contributed by atoms with Gasteiger partial charge in [-0.05, 0) is 12.1 Å². The molecule has 0 bridgehead atoms. The van der Waals surface area contributed by atoms with Crippen LogP contribution >= 0.6 is 0 Å². The highest BCUT2D eigenvalue weighted by Gasteiger charge is 2.06. The van der Waals surface area contributed by atoms with Gasteiger partial charge in [0, 0.05) is 31.3 Å². The molecule has 0 aliphatic carbocycles. The van der Waals surface area contributed by atoms with Crippen LogP contribution in [0.1, 0.15) is 5.56 Å². The highest BCUT2D eigenvalue weighted by Crippen LogP contribution is 2.25. The average molecular weight is 289 g/mol. The fraction of sp³-hybridized carbons (Fsp3) is 0.286. The van der Waals surface area contributed by atoms with Gasteiger partial charge in [0.15, 0.2) is 0 Å². The highest BCUT2D eigenvalue weighted by molar-refractivity contribution is 5.51. The number of ether oxygens (including phenoxy) is 2. The van der Waals surface area contributed by atoms with E-state index in [2.05, 4.69) is 20.6 Å². The second-order valence-electron chi connectivity index (χ2n) is 4.28. The summed E-state index contributed by atoms with van der Waals surface area (Å²) in [6.07, 6.45) is 0. The van der Waals surface area contributed by atoms with E-state index in [1.54, 1.807) is 27.3 Å². The molecule has 7 nitrogen and oxygen atoms in total. The summed E-state index contributed by atoms with van der Waals surface area (Å²) in [4.78, 5) is 8.17. The Hall–Kier alpha value is -2.70. The number of hydrogen-bond acceptors (Lipinski definition) is 7. The molecule has 7 heteroatoms. The quantitative estimate of drug-likeness (QED) is 0.745. The molecule has 0 spiro atoms. The van der Waals surface area contributed by atoms with E-state index in [0.29, 0.717) is 18.2 Å². The van der Waals surface area contributed by atoms with Crippen LogP contribution in [0.15, 0.2) is 24.3 Å². The lowest BCUT2D eigenvalue weighted by atomic mass is 10.2. The zero-order valence-corrected chi connectivity index (χ0v) is 12.3. The van der Waals surface area contributed by atoms with Crippen molar-refractivity contribution in [2.24, 2.45) is 0 Å². The molecule has 112 valence electrons. The summed E-state index contributed by atoms with van der Waals surface area (Å²) in [6, 6.07) is 7.44. The minimum absolute atomic E-state index is 0.214. The number of anilines is 3. The summed E-state index contributed by atoms with van der Waals surface area (Å²) in [6.45, 7) is 0.548. The monoisotopic (exact) mass is 289 g/mol. The first-order chi connectivity index (χ1) is 10.2. The number of benzene rings is 1. The van der Waals surface area contributed by atoms with Crippen LogP contribution in [0.3, 0.4) is 0 Å². The first kappa shape index (κ1) is 14.7. The molecule has 0 radical (unpaired) electrons. The third-order valence-electron chi connectivity index (χ3n) is 2.95. The molecule has 0 aliphatic heterocycles. The number of hydrogen-bond donors (Lipinski definition) is 3. The van der Waals surface area contributed by atoms with Crippen molar-refractivity contribution in [2.45, 2.75) is 6.54 Å². The summed E-state index contributed by atoms with van der Waals surface area (Å²) >= 11 is 0. The van der Waals surface area contributed by atoms with Crippen LogP contribution in [0.5, 0.6) is 11.5 Å². The minimum Gasteiger partial charge on any atom is -0.497 e. The lowest BCUT2D eigenvalue weighted by Crippen LogP contribution is -2.07. The van der Waals surface area contributed by atoms with E-state index in [1.807, 2.05) is 18.2 Å². The van der Waals surface area contributed by atoms with Crippen LogP contribution in [0, 0.1) is 0 Å². The van der Waals surface area contributed by atoms with Crippen molar-refractivity contribution >= 4 is 17.6 Å². The van der Waals surface area contributed by atoms with Gasteiger partial charge in [-0.1, -0.05) is 0 Å². The molecule has 2 aromatic rings. The van der Waals surface area contributed by atoms with E-state index < -0.39 is 0 Å². The Morgan fingerprint density at radius 2 is 1.86 bits per heavy atom. The molecule has 0 saturated heterocycles. The number of nitrogens with one attached hydrogen (secondary N) is 2. The van der Waals surface area contributed by atoms with E-state index in [-0.39, 0.29) is 5.95 Å². The van der Waals surface area contributed by atoms with E-state index in [0.717, 1.165) is 17.1 Å². The molecule has 0 saturated carbocycles. The number of methoxy groups -OCH3 is 2. The molecule has 0 aliphatic rings. The van der Waals surface area contributed by atoms with E-state index in [1.165, 1.54) is 0 Å². The smallest absolute Gasteiger partial charge is 0.223 e. The Morgan fingerprint density at radius 1 is 1.10 bits per heavy atom. The Morgan fingerprint density at radius 3 is 2.52 bits per heavy atom. The first-order valence-electron chi connectivity index (χ1n) is 6.43. The second kappa shape index (κ2) is 6.65. The molecule has 0 amide bonds. The van der Waals surface area contributed by atoms with Gasteiger partial charge in [0.25, 0.3) is 0 Å². The molecular weight excluding hydrogens is 270 g/mol. The predicted octanol–water partition coefficient (Wildman–Crippen LogP) is 1.73. The molecule has 21 heavy (non-hydrogen) atoms. The van der Waals surface area contributed by atoms with Gasteiger partial charge in [0.2, 0.25) is 5.95 Å². The van der Waals surface area contributed by atoms with Crippen LogP contribution in [0.25, 0.3) is 0 Å². The lowest BCUT2D eigenvalue weighted by Gasteiger charge is -2.12. The molecule has 1 heterocycles. The summed E-state index contributed by atoms with van der Waals surface area (Å²) in [7, 11) is 5.02. The highest BCUT2D eigenvalue weighted by atomic mass is 16.5. The van der Waals surface area contributed by atoms with E-state index in [9.17, 15) is 0 Å². The first-order valence-corrected chi connectivity index (χ1v) is 6.43. The zero-order chi connectivity index (χ0) is 15.2. The van der Waals surface area contributed by atoms with Gasteiger partial charge in [0.1, 0.15) is 23.1 Å². The van der Waals surface area contributed by atoms with Gasteiger partial charge in [-0.2, -0.15) is 9.97 Å². The van der Waals surface area contributed by atoms with Crippen LogP contribution in [-0.2, 0) is 6.54 Å². The fourth-order valence-electron chi connectivity index (χ4n) is 1.87.